The van der Waals surface area contributed by atoms with E-state index in [4.69, 9.17) is 4.42 Å². The molecule has 90 valence electrons. The predicted octanol–water partition coefficient (Wildman–Crippen LogP) is -0.111. The van der Waals surface area contributed by atoms with Crippen LogP contribution < -0.4 is 5.32 Å². The second kappa shape index (κ2) is 5.06. The summed E-state index contributed by atoms with van der Waals surface area (Å²) in [6.07, 6.45) is 2.12. The van der Waals surface area contributed by atoms with Gasteiger partial charge in [0.05, 0.1) is 6.54 Å². The van der Waals surface area contributed by atoms with Crippen LogP contribution in [0, 0.1) is 0 Å². The number of aromatic nitrogens is 2. The van der Waals surface area contributed by atoms with Crippen LogP contribution in [-0.2, 0) is 21.2 Å². The van der Waals surface area contributed by atoms with Gasteiger partial charge in [0.2, 0.25) is 21.6 Å². The van der Waals surface area contributed by atoms with E-state index in [2.05, 4.69) is 15.5 Å². The minimum atomic E-state index is -3.48. The van der Waals surface area contributed by atoms with E-state index < -0.39 is 15.1 Å². The van der Waals surface area contributed by atoms with Gasteiger partial charge in [0.15, 0.2) is 0 Å². The lowest BCUT2D eigenvalue weighted by atomic mass is 10.3. The fraction of sp³-hybridized carbons (Fsp3) is 0.625. The first-order chi connectivity index (χ1) is 7.43. The van der Waals surface area contributed by atoms with Crippen LogP contribution in [0.15, 0.2) is 9.64 Å². The van der Waals surface area contributed by atoms with Crippen LogP contribution in [0.2, 0.25) is 0 Å². The van der Waals surface area contributed by atoms with Crippen molar-refractivity contribution in [3.8, 4) is 0 Å². The van der Waals surface area contributed by atoms with Crippen molar-refractivity contribution in [3.05, 3.63) is 5.89 Å². The normalized spacial score (nSPS) is 11.4. The number of rotatable bonds is 5. The SMILES string of the molecule is CCCC(=O)NCc1nnc(S(C)(=O)=O)o1. The molecule has 0 unspecified atom stereocenters. The minimum absolute atomic E-state index is 0.0430. The zero-order valence-electron chi connectivity index (χ0n) is 9.06. The number of nitrogens with zero attached hydrogens (tertiary/aromatic N) is 2. The fourth-order valence-electron chi connectivity index (χ4n) is 0.949. The molecule has 7 nitrogen and oxygen atoms in total. The van der Waals surface area contributed by atoms with Gasteiger partial charge < -0.3 is 9.73 Å². The van der Waals surface area contributed by atoms with E-state index in [1.807, 2.05) is 6.92 Å². The molecule has 0 fully saturated rings. The Morgan fingerprint density at radius 1 is 1.44 bits per heavy atom. The third kappa shape index (κ3) is 3.61. The highest BCUT2D eigenvalue weighted by Gasteiger charge is 2.16. The average Bonchev–Trinajstić information content (AvgIpc) is 2.63. The molecule has 1 N–H and O–H groups in total. The molecule has 1 rings (SSSR count). The zero-order valence-corrected chi connectivity index (χ0v) is 9.87. The lowest BCUT2D eigenvalue weighted by Crippen LogP contribution is -2.22. The Labute approximate surface area is 93.2 Å². The van der Waals surface area contributed by atoms with Gasteiger partial charge in [0.25, 0.3) is 0 Å². The van der Waals surface area contributed by atoms with E-state index in [0.717, 1.165) is 12.7 Å². The van der Waals surface area contributed by atoms with Crippen molar-refractivity contribution in [1.82, 2.24) is 15.5 Å². The summed E-state index contributed by atoms with van der Waals surface area (Å²) < 4.78 is 26.9. The van der Waals surface area contributed by atoms with Crippen molar-refractivity contribution < 1.29 is 17.6 Å². The molecule has 0 bridgehead atoms. The standard InChI is InChI=1S/C8H13N3O4S/c1-3-4-6(12)9-5-7-10-11-8(15-7)16(2,13)14/h3-5H2,1-2H3,(H,9,12). The second-order valence-corrected chi connectivity index (χ2v) is 5.15. The molecule has 0 aliphatic carbocycles. The molecule has 0 aliphatic heterocycles. The number of hydrogen-bond acceptors (Lipinski definition) is 6. The van der Waals surface area contributed by atoms with Crippen LogP contribution in [0.1, 0.15) is 25.7 Å². The first-order valence-corrected chi connectivity index (χ1v) is 6.61. The van der Waals surface area contributed by atoms with Gasteiger partial charge in [0.1, 0.15) is 0 Å². The maximum atomic E-state index is 11.1. The van der Waals surface area contributed by atoms with Crippen LogP contribution >= 0.6 is 0 Å². The first kappa shape index (κ1) is 12.6. The van der Waals surface area contributed by atoms with E-state index >= 15 is 0 Å². The molecule has 1 heterocycles. The van der Waals surface area contributed by atoms with E-state index in [1.54, 1.807) is 0 Å². The van der Waals surface area contributed by atoms with Gasteiger partial charge in [-0.2, -0.15) is 0 Å². The molecule has 1 aromatic rings. The molecule has 0 aromatic carbocycles. The van der Waals surface area contributed by atoms with E-state index in [0.29, 0.717) is 6.42 Å². The number of hydrogen-bond donors (Lipinski definition) is 1. The average molecular weight is 247 g/mol. The Hall–Kier alpha value is -1.44. The van der Waals surface area contributed by atoms with Crippen molar-refractivity contribution in [2.45, 2.75) is 31.5 Å². The van der Waals surface area contributed by atoms with Gasteiger partial charge in [0, 0.05) is 12.7 Å². The predicted molar refractivity (Wildman–Crippen MR) is 54.2 cm³/mol. The Bertz CT molecular complexity index is 465. The highest BCUT2D eigenvalue weighted by atomic mass is 32.2. The van der Waals surface area contributed by atoms with Crippen LogP contribution in [0.4, 0.5) is 0 Å². The summed E-state index contributed by atoms with van der Waals surface area (Å²) in [5, 5.41) is 8.96. The molecule has 0 saturated heterocycles. The van der Waals surface area contributed by atoms with Crippen molar-refractivity contribution in [3.63, 3.8) is 0 Å². The minimum Gasteiger partial charge on any atom is -0.411 e. The molecular weight excluding hydrogens is 234 g/mol. The summed E-state index contributed by atoms with van der Waals surface area (Å²) in [4.78, 5) is 11.1. The lowest BCUT2D eigenvalue weighted by molar-refractivity contribution is -0.121. The van der Waals surface area contributed by atoms with E-state index in [-0.39, 0.29) is 18.3 Å². The van der Waals surface area contributed by atoms with Gasteiger partial charge in [-0.25, -0.2) is 8.42 Å². The summed E-state index contributed by atoms with van der Waals surface area (Å²) >= 11 is 0. The number of nitrogens with one attached hydrogen (secondary N) is 1. The van der Waals surface area contributed by atoms with Crippen LogP contribution in [-0.4, -0.2) is 30.8 Å². The van der Waals surface area contributed by atoms with Crippen molar-refractivity contribution in [1.29, 1.82) is 0 Å². The zero-order chi connectivity index (χ0) is 12.2. The highest BCUT2D eigenvalue weighted by molar-refractivity contribution is 7.90. The summed E-state index contributed by atoms with van der Waals surface area (Å²) in [6, 6.07) is 0. The molecule has 0 radical (unpaired) electrons. The van der Waals surface area contributed by atoms with E-state index in [1.165, 1.54) is 0 Å². The topological polar surface area (TPSA) is 102 Å². The number of sulfone groups is 1. The summed E-state index contributed by atoms with van der Waals surface area (Å²) in [5.74, 6) is -0.0634. The Kier molecular flexibility index (Phi) is 3.99. The maximum Gasteiger partial charge on any atom is 0.335 e. The monoisotopic (exact) mass is 247 g/mol. The largest absolute Gasteiger partial charge is 0.411 e. The molecule has 0 spiro atoms. The smallest absolute Gasteiger partial charge is 0.335 e. The summed E-state index contributed by atoms with van der Waals surface area (Å²) in [7, 11) is -3.48. The third-order valence-electron chi connectivity index (χ3n) is 1.68. The van der Waals surface area contributed by atoms with Crippen LogP contribution in [0.3, 0.4) is 0 Å². The number of carbonyl (C=O) groups excluding carboxylic acids is 1. The van der Waals surface area contributed by atoms with E-state index in [9.17, 15) is 13.2 Å². The molecule has 16 heavy (non-hydrogen) atoms. The summed E-state index contributed by atoms with van der Waals surface area (Å²) in [6.45, 7) is 1.93. The first-order valence-electron chi connectivity index (χ1n) is 4.72. The molecule has 0 atom stereocenters. The van der Waals surface area contributed by atoms with Gasteiger partial charge in [-0.15, -0.1) is 5.10 Å². The third-order valence-corrected chi connectivity index (χ3v) is 2.48. The molecule has 0 saturated carbocycles. The molecule has 1 amide bonds. The molecule has 8 heteroatoms. The summed E-state index contributed by atoms with van der Waals surface area (Å²) in [5.41, 5.74) is 0. The Balaban J connectivity index is 2.57. The maximum absolute atomic E-state index is 11.1. The van der Waals surface area contributed by atoms with Crippen molar-refractivity contribution >= 4 is 15.7 Å². The number of amides is 1. The molecule has 1 aromatic heterocycles. The van der Waals surface area contributed by atoms with Gasteiger partial charge in [-0.3, -0.25) is 4.79 Å². The second-order valence-electron chi connectivity index (χ2n) is 3.26. The number of carbonyl (C=O) groups is 1. The van der Waals surface area contributed by atoms with Crippen molar-refractivity contribution in [2.24, 2.45) is 0 Å². The van der Waals surface area contributed by atoms with Gasteiger partial charge in [-0.05, 0) is 6.42 Å². The Morgan fingerprint density at radius 2 is 2.12 bits per heavy atom. The molecular formula is C8H13N3O4S. The molecule has 0 aliphatic rings. The quantitative estimate of drug-likeness (QED) is 0.778. The van der Waals surface area contributed by atoms with Gasteiger partial charge >= 0.3 is 5.22 Å². The van der Waals surface area contributed by atoms with Gasteiger partial charge in [-0.1, -0.05) is 12.0 Å². The van der Waals surface area contributed by atoms with Crippen molar-refractivity contribution in [2.75, 3.05) is 6.26 Å². The highest BCUT2D eigenvalue weighted by Crippen LogP contribution is 2.06. The van der Waals surface area contributed by atoms with Crippen LogP contribution in [0.5, 0.6) is 0 Å². The van der Waals surface area contributed by atoms with Crippen LogP contribution in [0.25, 0.3) is 0 Å². The lowest BCUT2D eigenvalue weighted by Gasteiger charge is -1.99. The fourth-order valence-corrected chi connectivity index (χ4v) is 1.39. The Morgan fingerprint density at radius 3 is 2.62 bits per heavy atom.